The van der Waals surface area contributed by atoms with E-state index in [2.05, 4.69) is 6.92 Å². The molecule has 75 valence electrons. The number of carbonyl (C=O) groups excluding carboxylic acids is 1. The molecule has 1 aromatic rings. The Hall–Kier alpha value is -0.141. The van der Waals surface area contributed by atoms with Gasteiger partial charge in [-0.25, -0.2) is 0 Å². The SMILES string of the molecule is [B]N1C(=O)c2ccccc2CC1[CH2-].[CH3-].[Y]. The van der Waals surface area contributed by atoms with Gasteiger partial charge in [0.2, 0.25) is 13.9 Å². The molecule has 3 radical (unpaired) electrons. The molecule has 1 atom stereocenters. The third-order valence-corrected chi connectivity index (χ3v) is 2.33. The summed E-state index contributed by atoms with van der Waals surface area (Å²) in [5, 5.41) is 0. The molecule has 1 amide bonds. The van der Waals surface area contributed by atoms with E-state index in [1.54, 1.807) is 6.07 Å². The van der Waals surface area contributed by atoms with Crippen LogP contribution in [0.4, 0.5) is 0 Å². The minimum absolute atomic E-state index is 0. The van der Waals surface area contributed by atoms with Gasteiger partial charge in [0.15, 0.2) is 0 Å². The van der Waals surface area contributed by atoms with E-state index in [1.165, 1.54) is 4.81 Å². The first kappa shape index (κ1) is 14.9. The predicted molar refractivity (Wildman–Crippen MR) is 57.6 cm³/mol. The average molecular weight is 274 g/mol. The number of amides is 1. The Morgan fingerprint density at radius 3 is 2.67 bits per heavy atom. The van der Waals surface area contributed by atoms with Crippen molar-refractivity contribution in [2.75, 3.05) is 0 Å². The molecule has 1 aliphatic heterocycles. The summed E-state index contributed by atoms with van der Waals surface area (Å²) in [4.78, 5) is 12.8. The van der Waals surface area contributed by atoms with Crippen LogP contribution >= 0.6 is 0 Å². The molecule has 0 N–H and O–H groups in total. The second kappa shape index (κ2) is 5.81. The van der Waals surface area contributed by atoms with Crippen molar-refractivity contribution >= 4 is 13.9 Å². The van der Waals surface area contributed by atoms with Crippen LogP contribution in [0.25, 0.3) is 0 Å². The molecule has 2 nitrogen and oxygen atoms in total. The Morgan fingerprint density at radius 2 is 2.00 bits per heavy atom. The van der Waals surface area contributed by atoms with Crippen molar-refractivity contribution in [3.05, 3.63) is 49.7 Å². The molecule has 15 heavy (non-hydrogen) atoms. The van der Waals surface area contributed by atoms with Gasteiger partial charge in [0.05, 0.1) is 0 Å². The third-order valence-electron chi connectivity index (χ3n) is 2.33. The van der Waals surface area contributed by atoms with Crippen LogP contribution in [0.3, 0.4) is 0 Å². The summed E-state index contributed by atoms with van der Waals surface area (Å²) in [5.41, 5.74) is 1.74. The van der Waals surface area contributed by atoms with Crippen molar-refractivity contribution in [1.29, 1.82) is 0 Å². The quantitative estimate of drug-likeness (QED) is 0.517. The standard InChI is InChI=1S/C10H9BNO.CH3.Y/c1-7-6-8-4-2-3-5-9(8)10(13)12(7)11;;/h2-5,7H,1,6H2;1H3;/q2*-1;. The van der Waals surface area contributed by atoms with Gasteiger partial charge in [-0.2, -0.15) is 0 Å². The summed E-state index contributed by atoms with van der Waals surface area (Å²) >= 11 is 0. The Labute approximate surface area is 118 Å². The van der Waals surface area contributed by atoms with E-state index < -0.39 is 0 Å². The van der Waals surface area contributed by atoms with Gasteiger partial charge in [0.25, 0.3) is 0 Å². The summed E-state index contributed by atoms with van der Waals surface area (Å²) in [6, 6.07) is 7.35. The summed E-state index contributed by atoms with van der Waals surface area (Å²) in [7, 11) is 5.56. The Morgan fingerprint density at radius 1 is 1.40 bits per heavy atom. The van der Waals surface area contributed by atoms with E-state index in [4.69, 9.17) is 7.98 Å². The maximum Gasteiger partial charge on any atom is 0.239 e. The zero-order valence-corrected chi connectivity index (χ0v) is 11.6. The largest absolute Gasteiger partial charge is 0.417 e. The molecule has 0 saturated carbocycles. The molecule has 0 aliphatic carbocycles. The molecule has 1 aliphatic rings. The minimum Gasteiger partial charge on any atom is -0.417 e. The number of benzene rings is 1. The first-order chi connectivity index (χ1) is 6.20. The fraction of sp³-hybridized carbons (Fsp3) is 0.182. The van der Waals surface area contributed by atoms with Crippen molar-refractivity contribution in [2.45, 2.75) is 12.5 Å². The summed E-state index contributed by atoms with van der Waals surface area (Å²) < 4.78 is 0. The van der Waals surface area contributed by atoms with Gasteiger partial charge in [-0.3, -0.25) is 4.79 Å². The zero-order chi connectivity index (χ0) is 9.42. The van der Waals surface area contributed by atoms with Crippen LogP contribution in [0.5, 0.6) is 0 Å². The van der Waals surface area contributed by atoms with E-state index in [1.807, 2.05) is 18.2 Å². The van der Waals surface area contributed by atoms with Crippen LogP contribution in [0.15, 0.2) is 24.3 Å². The van der Waals surface area contributed by atoms with Crippen LogP contribution in [0.2, 0.25) is 0 Å². The van der Waals surface area contributed by atoms with E-state index in [0.29, 0.717) is 5.56 Å². The Balaban J connectivity index is 0.000000980. The zero-order valence-electron chi connectivity index (χ0n) is 8.81. The maximum absolute atomic E-state index is 11.6. The molecular formula is C11H12BNOY-2. The second-order valence-electron chi connectivity index (χ2n) is 3.23. The number of fused-ring (bicyclic) bond motifs is 1. The first-order valence-corrected chi connectivity index (χ1v) is 4.19. The van der Waals surface area contributed by atoms with Crippen molar-refractivity contribution in [1.82, 2.24) is 4.81 Å². The monoisotopic (exact) mass is 274 g/mol. The Bertz CT molecular complexity index is 356. The summed E-state index contributed by atoms with van der Waals surface area (Å²) in [6.07, 6.45) is 0.735. The normalized spacial score (nSPS) is 18.6. The molecule has 1 unspecified atom stereocenters. The van der Waals surface area contributed by atoms with Crippen molar-refractivity contribution in [3.8, 4) is 0 Å². The molecule has 0 fully saturated rings. The average Bonchev–Trinajstić information content (AvgIpc) is 2.15. The second-order valence-corrected chi connectivity index (χ2v) is 3.23. The minimum atomic E-state index is -0.151. The molecular weight excluding hydrogens is 262 g/mol. The smallest absolute Gasteiger partial charge is 0.239 e. The molecule has 1 heterocycles. The molecule has 0 spiro atoms. The number of nitrogens with zero attached hydrogens (tertiary/aromatic N) is 1. The van der Waals surface area contributed by atoms with E-state index in [0.717, 1.165) is 12.0 Å². The molecule has 0 saturated heterocycles. The fourth-order valence-corrected chi connectivity index (χ4v) is 1.56. The van der Waals surface area contributed by atoms with Crippen molar-refractivity contribution in [3.63, 3.8) is 0 Å². The molecule has 1 aromatic carbocycles. The summed E-state index contributed by atoms with van der Waals surface area (Å²) in [6.45, 7) is 3.81. The van der Waals surface area contributed by atoms with Crippen LogP contribution in [-0.4, -0.2) is 24.7 Å². The Kier molecular flexibility index (Phi) is 5.76. The number of rotatable bonds is 0. The predicted octanol–water partition coefficient (Wildman–Crippen LogP) is 1.42. The van der Waals surface area contributed by atoms with E-state index in [9.17, 15) is 4.79 Å². The third kappa shape index (κ3) is 2.70. The molecule has 0 aromatic heterocycles. The molecule has 0 bridgehead atoms. The number of carbonyl (C=O) groups is 1. The van der Waals surface area contributed by atoms with Crippen LogP contribution in [-0.2, 0) is 39.1 Å². The van der Waals surface area contributed by atoms with Gasteiger partial charge in [0, 0.05) is 38.3 Å². The first-order valence-electron chi connectivity index (χ1n) is 4.19. The van der Waals surface area contributed by atoms with E-state index in [-0.39, 0.29) is 52.1 Å². The van der Waals surface area contributed by atoms with Gasteiger partial charge < -0.3 is 19.2 Å². The maximum atomic E-state index is 11.6. The van der Waals surface area contributed by atoms with Gasteiger partial charge in [-0.05, 0) is 18.1 Å². The number of hydrogen-bond donors (Lipinski definition) is 0. The van der Waals surface area contributed by atoms with Gasteiger partial charge >= 0.3 is 0 Å². The van der Waals surface area contributed by atoms with Crippen molar-refractivity contribution < 1.29 is 37.5 Å². The summed E-state index contributed by atoms with van der Waals surface area (Å²) in [5.74, 6) is -0.137. The fourth-order valence-electron chi connectivity index (χ4n) is 1.56. The van der Waals surface area contributed by atoms with Gasteiger partial charge in [-0.15, -0.1) is 6.04 Å². The number of hydrogen-bond acceptors (Lipinski definition) is 1. The van der Waals surface area contributed by atoms with Crippen LogP contribution in [0, 0.1) is 14.4 Å². The van der Waals surface area contributed by atoms with Crippen molar-refractivity contribution in [2.24, 2.45) is 0 Å². The van der Waals surface area contributed by atoms with Crippen LogP contribution in [0.1, 0.15) is 15.9 Å². The molecule has 2 rings (SSSR count). The molecule has 4 heteroatoms. The van der Waals surface area contributed by atoms with Crippen LogP contribution < -0.4 is 0 Å². The van der Waals surface area contributed by atoms with Gasteiger partial charge in [-0.1, -0.05) is 18.2 Å². The topological polar surface area (TPSA) is 20.3 Å². The van der Waals surface area contributed by atoms with E-state index >= 15 is 0 Å². The van der Waals surface area contributed by atoms with Gasteiger partial charge in [0.1, 0.15) is 0 Å².